The summed E-state index contributed by atoms with van der Waals surface area (Å²) in [5, 5.41) is 2.06. The molecule has 0 fully saturated rings. The smallest absolute Gasteiger partial charge is 0.287 e. The lowest BCUT2D eigenvalue weighted by Gasteiger charge is -2.03. The standard InChI is InChI=1S/C10H9F2NO2/c1-15-6-8(12)10(14)13-9-5-3-2-4-7(9)11/h2-6H,1H3,(H,13,14)/b8-6-. The summed E-state index contributed by atoms with van der Waals surface area (Å²) in [7, 11) is 1.20. The molecule has 0 aromatic heterocycles. The molecule has 0 saturated carbocycles. The van der Waals surface area contributed by atoms with Gasteiger partial charge in [-0.2, -0.15) is 4.39 Å². The fraction of sp³-hybridized carbons (Fsp3) is 0.100. The van der Waals surface area contributed by atoms with E-state index in [-0.39, 0.29) is 5.69 Å². The first-order valence-electron chi connectivity index (χ1n) is 4.09. The number of anilines is 1. The third-order valence-corrected chi connectivity index (χ3v) is 1.56. The minimum absolute atomic E-state index is 0.0813. The van der Waals surface area contributed by atoms with Gasteiger partial charge in [0.25, 0.3) is 5.91 Å². The van der Waals surface area contributed by atoms with E-state index in [1.807, 2.05) is 0 Å². The summed E-state index contributed by atoms with van der Waals surface area (Å²) in [5.41, 5.74) is -0.0813. The molecule has 0 unspecified atom stereocenters. The van der Waals surface area contributed by atoms with E-state index in [9.17, 15) is 13.6 Å². The minimum Gasteiger partial charge on any atom is -0.501 e. The van der Waals surface area contributed by atoms with E-state index in [1.54, 1.807) is 0 Å². The predicted octanol–water partition coefficient (Wildman–Crippen LogP) is 2.22. The molecule has 1 aromatic rings. The molecule has 0 aliphatic heterocycles. The van der Waals surface area contributed by atoms with Gasteiger partial charge in [-0.15, -0.1) is 0 Å². The largest absolute Gasteiger partial charge is 0.501 e. The summed E-state index contributed by atoms with van der Waals surface area (Å²) in [6, 6.07) is 5.48. The van der Waals surface area contributed by atoms with E-state index in [1.165, 1.54) is 25.3 Å². The quantitative estimate of drug-likeness (QED) is 0.617. The van der Waals surface area contributed by atoms with Crippen LogP contribution in [-0.2, 0) is 9.53 Å². The Labute approximate surface area is 85.4 Å². The summed E-state index contributed by atoms with van der Waals surface area (Å²) in [4.78, 5) is 11.1. The van der Waals surface area contributed by atoms with Crippen molar-refractivity contribution in [3.63, 3.8) is 0 Å². The molecule has 0 aliphatic carbocycles. The molecule has 0 aliphatic rings. The summed E-state index contributed by atoms with van der Waals surface area (Å²) >= 11 is 0. The van der Waals surface area contributed by atoms with Crippen molar-refractivity contribution in [3.8, 4) is 0 Å². The maximum Gasteiger partial charge on any atom is 0.287 e. The normalized spacial score (nSPS) is 11.0. The van der Waals surface area contributed by atoms with E-state index in [4.69, 9.17) is 0 Å². The second-order valence-corrected chi connectivity index (χ2v) is 2.64. The van der Waals surface area contributed by atoms with Crippen LogP contribution >= 0.6 is 0 Å². The number of amides is 1. The van der Waals surface area contributed by atoms with E-state index >= 15 is 0 Å². The van der Waals surface area contributed by atoms with Gasteiger partial charge >= 0.3 is 0 Å². The number of carbonyl (C=O) groups excluding carboxylic acids is 1. The van der Waals surface area contributed by atoms with Gasteiger partial charge in [0.05, 0.1) is 12.8 Å². The number of methoxy groups -OCH3 is 1. The summed E-state index contributed by atoms with van der Waals surface area (Å²) in [5.74, 6) is -2.81. The van der Waals surface area contributed by atoms with E-state index in [2.05, 4.69) is 10.1 Å². The van der Waals surface area contributed by atoms with Crippen molar-refractivity contribution in [2.45, 2.75) is 0 Å². The van der Waals surface area contributed by atoms with Gasteiger partial charge < -0.3 is 10.1 Å². The average molecular weight is 213 g/mol. The van der Waals surface area contributed by atoms with Crippen LogP contribution in [0.15, 0.2) is 36.4 Å². The minimum atomic E-state index is -1.12. The maximum absolute atomic E-state index is 13.0. The van der Waals surface area contributed by atoms with Crippen molar-refractivity contribution in [2.75, 3.05) is 12.4 Å². The monoisotopic (exact) mass is 213 g/mol. The highest BCUT2D eigenvalue weighted by molar-refractivity contribution is 6.01. The first-order chi connectivity index (χ1) is 7.15. The zero-order valence-corrected chi connectivity index (χ0v) is 7.96. The Morgan fingerprint density at radius 2 is 2.13 bits per heavy atom. The summed E-state index contributed by atoms with van der Waals surface area (Å²) in [6.45, 7) is 0. The lowest BCUT2D eigenvalue weighted by Crippen LogP contribution is -2.13. The Bertz CT molecular complexity index is 391. The first-order valence-corrected chi connectivity index (χ1v) is 4.09. The molecule has 1 rings (SSSR count). The number of carbonyl (C=O) groups is 1. The molecule has 1 aromatic carbocycles. The van der Waals surface area contributed by atoms with Gasteiger partial charge in [-0.25, -0.2) is 4.39 Å². The first kappa shape index (κ1) is 11.2. The van der Waals surface area contributed by atoms with Crippen molar-refractivity contribution < 1.29 is 18.3 Å². The third-order valence-electron chi connectivity index (χ3n) is 1.56. The maximum atomic E-state index is 13.0. The molecule has 0 radical (unpaired) electrons. The molecule has 3 nitrogen and oxygen atoms in total. The van der Waals surface area contributed by atoms with Gasteiger partial charge in [-0.05, 0) is 12.1 Å². The molecule has 80 valence electrons. The Kier molecular flexibility index (Phi) is 3.79. The van der Waals surface area contributed by atoms with Crippen LogP contribution in [0.2, 0.25) is 0 Å². The van der Waals surface area contributed by atoms with Crippen LogP contribution in [-0.4, -0.2) is 13.0 Å². The SMILES string of the molecule is CO/C=C(\F)C(=O)Nc1ccccc1F. The number of para-hydroxylation sites is 1. The van der Waals surface area contributed by atoms with Crippen LogP contribution in [0.4, 0.5) is 14.5 Å². The number of nitrogens with one attached hydrogen (secondary N) is 1. The molecule has 1 amide bonds. The Balaban J connectivity index is 2.75. The van der Waals surface area contributed by atoms with E-state index < -0.39 is 17.6 Å². The highest BCUT2D eigenvalue weighted by Gasteiger charge is 2.11. The fourth-order valence-electron chi connectivity index (χ4n) is 0.902. The fourth-order valence-corrected chi connectivity index (χ4v) is 0.902. The number of benzene rings is 1. The van der Waals surface area contributed by atoms with Crippen LogP contribution in [0.25, 0.3) is 0 Å². The number of hydrogen-bond donors (Lipinski definition) is 1. The third kappa shape index (κ3) is 3.05. The molecular formula is C10H9F2NO2. The summed E-state index contributed by atoms with van der Waals surface area (Å²) in [6.07, 6.45) is 0.635. The molecule has 1 N–H and O–H groups in total. The molecule has 0 heterocycles. The van der Waals surface area contributed by atoms with Crippen molar-refractivity contribution in [2.24, 2.45) is 0 Å². The van der Waals surface area contributed by atoms with Gasteiger partial charge in [-0.3, -0.25) is 4.79 Å². The topological polar surface area (TPSA) is 38.3 Å². The zero-order valence-electron chi connectivity index (χ0n) is 7.96. The molecule has 0 saturated heterocycles. The Hall–Kier alpha value is -1.91. The highest BCUT2D eigenvalue weighted by atomic mass is 19.1. The van der Waals surface area contributed by atoms with Crippen molar-refractivity contribution in [3.05, 3.63) is 42.2 Å². The van der Waals surface area contributed by atoms with Crippen LogP contribution in [0, 0.1) is 5.82 Å². The zero-order chi connectivity index (χ0) is 11.3. The van der Waals surface area contributed by atoms with Gasteiger partial charge in [0.2, 0.25) is 5.83 Å². The molecular weight excluding hydrogens is 204 g/mol. The van der Waals surface area contributed by atoms with Crippen LogP contribution in [0.1, 0.15) is 0 Å². The molecule has 0 spiro atoms. The van der Waals surface area contributed by atoms with Crippen LogP contribution < -0.4 is 5.32 Å². The Morgan fingerprint density at radius 1 is 1.47 bits per heavy atom. The lowest BCUT2D eigenvalue weighted by molar-refractivity contribution is -0.114. The summed E-state index contributed by atoms with van der Waals surface area (Å²) < 4.78 is 30.1. The number of rotatable bonds is 3. The number of ether oxygens (including phenoxy) is 1. The van der Waals surface area contributed by atoms with Crippen molar-refractivity contribution >= 4 is 11.6 Å². The van der Waals surface area contributed by atoms with Gasteiger partial charge in [0.15, 0.2) is 0 Å². The van der Waals surface area contributed by atoms with Crippen LogP contribution in [0.5, 0.6) is 0 Å². The molecule has 0 atom stereocenters. The van der Waals surface area contributed by atoms with Crippen molar-refractivity contribution in [1.29, 1.82) is 0 Å². The molecule has 15 heavy (non-hydrogen) atoms. The van der Waals surface area contributed by atoms with Crippen molar-refractivity contribution in [1.82, 2.24) is 0 Å². The van der Waals surface area contributed by atoms with Crippen LogP contribution in [0.3, 0.4) is 0 Å². The average Bonchev–Trinajstić information content (AvgIpc) is 2.21. The predicted molar refractivity (Wildman–Crippen MR) is 51.2 cm³/mol. The second-order valence-electron chi connectivity index (χ2n) is 2.64. The Morgan fingerprint density at radius 3 is 2.73 bits per heavy atom. The number of hydrogen-bond acceptors (Lipinski definition) is 2. The highest BCUT2D eigenvalue weighted by Crippen LogP contribution is 2.13. The number of halogens is 2. The van der Waals surface area contributed by atoms with E-state index in [0.29, 0.717) is 6.26 Å². The van der Waals surface area contributed by atoms with Gasteiger partial charge in [0, 0.05) is 0 Å². The van der Waals surface area contributed by atoms with Gasteiger partial charge in [0.1, 0.15) is 12.1 Å². The van der Waals surface area contributed by atoms with Gasteiger partial charge in [-0.1, -0.05) is 12.1 Å². The second kappa shape index (κ2) is 5.09. The molecule has 0 bridgehead atoms. The lowest BCUT2D eigenvalue weighted by atomic mass is 10.3. The molecule has 5 heteroatoms. The van der Waals surface area contributed by atoms with E-state index in [0.717, 1.165) is 6.07 Å².